The summed E-state index contributed by atoms with van der Waals surface area (Å²) in [7, 11) is 0. The highest BCUT2D eigenvalue weighted by Crippen LogP contribution is 2.31. The predicted octanol–water partition coefficient (Wildman–Crippen LogP) is 2.72. The standard InChI is InChI=1S/C20H24N4O3/c1-2-9-23-19(25)16-7-6-8-17(18(16)20(23)26)27-24-14-15(12-21-24)13-22-10-4-3-5-11-22/h6-8,12,14H,2-5,9-11,13H2,1H3. The number of imide groups is 1. The Hall–Kier alpha value is -2.67. The zero-order chi connectivity index (χ0) is 18.8. The first-order valence-corrected chi connectivity index (χ1v) is 9.61. The summed E-state index contributed by atoms with van der Waals surface area (Å²) in [4.78, 5) is 36.0. The maximum atomic E-state index is 12.7. The maximum absolute atomic E-state index is 12.7. The normalized spacial score (nSPS) is 17.4. The van der Waals surface area contributed by atoms with Crippen LogP contribution >= 0.6 is 0 Å². The SMILES string of the molecule is CCCN1C(=O)c2cccc(On3cc(CN4CCCCC4)cn3)c2C1=O. The fourth-order valence-corrected chi connectivity index (χ4v) is 3.75. The largest absolute Gasteiger partial charge is 0.357 e. The summed E-state index contributed by atoms with van der Waals surface area (Å²) in [6.45, 7) is 5.42. The van der Waals surface area contributed by atoms with Gasteiger partial charge in [0.15, 0.2) is 5.75 Å². The van der Waals surface area contributed by atoms with E-state index in [4.69, 9.17) is 4.84 Å². The van der Waals surface area contributed by atoms with Crippen molar-refractivity contribution in [3.63, 3.8) is 0 Å². The number of hydrogen-bond donors (Lipinski definition) is 0. The molecule has 3 heterocycles. The van der Waals surface area contributed by atoms with Gasteiger partial charge in [-0.2, -0.15) is 0 Å². The number of amides is 2. The van der Waals surface area contributed by atoms with E-state index in [2.05, 4.69) is 10.00 Å². The molecule has 142 valence electrons. The van der Waals surface area contributed by atoms with Crippen LogP contribution in [0.25, 0.3) is 0 Å². The Morgan fingerprint density at radius 2 is 1.93 bits per heavy atom. The number of fused-ring (bicyclic) bond motifs is 1. The first kappa shape index (κ1) is 17.7. The van der Waals surface area contributed by atoms with E-state index in [-0.39, 0.29) is 11.8 Å². The van der Waals surface area contributed by atoms with E-state index < -0.39 is 0 Å². The smallest absolute Gasteiger partial charge is 0.265 e. The number of hydrogen-bond acceptors (Lipinski definition) is 5. The molecule has 0 N–H and O–H groups in total. The lowest BCUT2D eigenvalue weighted by molar-refractivity contribution is 0.0652. The molecule has 1 aromatic carbocycles. The molecule has 0 radical (unpaired) electrons. The van der Waals surface area contributed by atoms with Gasteiger partial charge in [0.1, 0.15) is 0 Å². The molecule has 2 aromatic rings. The maximum Gasteiger partial charge on any atom is 0.265 e. The lowest BCUT2D eigenvalue weighted by Gasteiger charge is -2.25. The predicted molar refractivity (Wildman–Crippen MR) is 99.5 cm³/mol. The molecule has 0 atom stereocenters. The molecular formula is C20H24N4O3. The Labute approximate surface area is 158 Å². The van der Waals surface area contributed by atoms with Gasteiger partial charge < -0.3 is 4.84 Å². The van der Waals surface area contributed by atoms with E-state index in [1.165, 1.54) is 29.0 Å². The molecule has 2 amide bonds. The Balaban J connectivity index is 1.52. The quantitative estimate of drug-likeness (QED) is 0.734. The van der Waals surface area contributed by atoms with Crippen LogP contribution in [0.4, 0.5) is 0 Å². The summed E-state index contributed by atoms with van der Waals surface area (Å²) in [5.74, 6) is -0.196. The van der Waals surface area contributed by atoms with Gasteiger partial charge in [0, 0.05) is 18.7 Å². The van der Waals surface area contributed by atoms with Gasteiger partial charge >= 0.3 is 0 Å². The molecule has 7 nitrogen and oxygen atoms in total. The first-order valence-electron chi connectivity index (χ1n) is 9.61. The molecule has 4 rings (SSSR count). The van der Waals surface area contributed by atoms with Gasteiger partial charge in [-0.15, -0.1) is 9.94 Å². The highest BCUT2D eigenvalue weighted by Gasteiger charge is 2.37. The van der Waals surface area contributed by atoms with Crippen molar-refractivity contribution in [1.29, 1.82) is 0 Å². The number of piperidine rings is 1. The third kappa shape index (κ3) is 3.47. The van der Waals surface area contributed by atoms with E-state index in [0.29, 0.717) is 23.4 Å². The van der Waals surface area contributed by atoms with E-state index in [1.54, 1.807) is 24.4 Å². The van der Waals surface area contributed by atoms with Gasteiger partial charge in [-0.1, -0.05) is 19.4 Å². The van der Waals surface area contributed by atoms with Crippen LogP contribution in [-0.2, 0) is 6.54 Å². The number of benzene rings is 1. The number of nitrogens with zero attached hydrogens (tertiary/aromatic N) is 4. The minimum Gasteiger partial charge on any atom is -0.357 e. The van der Waals surface area contributed by atoms with Gasteiger partial charge in [0.05, 0.1) is 23.5 Å². The summed E-state index contributed by atoms with van der Waals surface area (Å²) in [5.41, 5.74) is 1.79. The summed E-state index contributed by atoms with van der Waals surface area (Å²) < 4.78 is 0. The second kappa shape index (κ2) is 7.52. The Morgan fingerprint density at radius 1 is 1.11 bits per heavy atom. The second-order valence-electron chi connectivity index (χ2n) is 7.12. The van der Waals surface area contributed by atoms with Crippen molar-refractivity contribution in [2.24, 2.45) is 0 Å². The van der Waals surface area contributed by atoms with Crippen LogP contribution < -0.4 is 4.84 Å². The third-order valence-corrected chi connectivity index (χ3v) is 5.07. The molecule has 1 fully saturated rings. The first-order chi connectivity index (χ1) is 13.2. The molecule has 0 spiro atoms. The Bertz CT molecular complexity index is 855. The average molecular weight is 368 g/mol. The van der Waals surface area contributed by atoms with Crippen molar-refractivity contribution >= 4 is 11.8 Å². The summed E-state index contributed by atoms with van der Waals surface area (Å²) in [5, 5.41) is 4.26. The number of likely N-dealkylation sites (tertiary alicyclic amines) is 1. The molecule has 27 heavy (non-hydrogen) atoms. The lowest BCUT2D eigenvalue weighted by Crippen LogP contribution is -2.30. The molecular weight excluding hydrogens is 344 g/mol. The van der Waals surface area contributed by atoms with Crippen molar-refractivity contribution < 1.29 is 14.4 Å². The van der Waals surface area contributed by atoms with Crippen LogP contribution in [0.5, 0.6) is 5.75 Å². The molecule has 0 aliphatic carbocycles. The van der Waals surface area contributed by atoms with Crippen molar-refractivity contribution in [2.45, 2.75) is 39.2 Å². The molecule has 1 saturated heterocycles. The highest BCUT2D eigenvalue weighted by molar-refractivity contribution is 6.22. The summed E-state index contributed by atoms with van der Waals surface area (Å²) >= 11 is 0. The zero-order valence-electron chi connectivity index (χ0n) is 15.6. The van der Waals surface area contributed by atoms with Crippen molar-refractivity contribution in [3.05, 3.63) is 47.3 Å². The zero-order valence-corrected chi connectivity index (χ0v) is 15.6. The van der Waals surface area contributed by atoms with E-state index >= 15 is 0 Å². The number of carbonyl (C=O) groups is 2. The van der Waals surface area contributed by atoms with Gasteiger partial charge in [-0.25, -0.2) is 0 Å². The summed E-state index contributed by atoms with van der Waals surface area (Å²) in [6, 6.07) is 5.10. The van der Waals surface area contributed by atoms with Crippen LogP contribution in [0.15, 0.2) is 30.6 Å². The number of carbonyl (C=O) groups excluding carboxylic acids is 2. The minimum atomic E-state index is -0.298. The molecule has 0 saturated carbocycles. The van der Waals surface area contributed by atoms with Crippen molar-refractivity contribution in [2.75, 3.05) is 19.6 Å². The minimum absolute atomic E-state index is 0.256. The van der Waals surface area contributed by atoms with Gasteiger partial charge in [-0.05, 0) is 44.5 Å². The second-order valence-corrected chi connectivity index (χ2v) is 7.12. The van der Waals surface area contributed by atoms with Gasteiger partial charge in [0.25, 0.3) is 11.8 Å². The number of aromatic nitrogens is 2. The monoisotopic (exact) mass is 368 g/mol. The van der Waals surface area contributed by atoms with Crippen LogP contribution in [0.3, 0.4) is 0 Å². The molecule has 7 heteroatoms. The average Bonchev–Trinajstić information content (AvgIpc) is 3.21. The van der Waals surface area contributed by atoms with Crippen LogP contribution in [-0.4, -0.2) is 51.2 Å². The van der Waals surface area contributed by atoms with Crippen LogP contribution in [0, 0.1) is 0 Å². The van der Waals surface area contributed by atoms with Gasteiger partial charge in [0.2, 0.25) is 0 Å². The van der Waals surface area contributed by atoms with Crippen LogP contribution in [0.2, 0.25) is 0 Å². The van der Waals surface area contributed by atoms with Crippen molar-refractivity contribution in [1.82, 2.24) is 19.7 Å². The van der Waals surface area contributed by atoms with Gasteiger partial charge in [-0.3, -0.25) is 19.4 Å². The third-order valence-electron chi connectivity index (χ3n) is 5.07. The molecule has 2 aliphatic heterocycles. The lowest BCUT2D eigenvalue weighted by atomic mass is 10.1. The van der Waals surface area contributed by atoms with E-state index in [0.717, 1.165) is 31.6 Å². The topological polar surface area (TPSA) is 67.7 Å². The Morgan fingerprint density at radius 3 is 2.70 bits per heavy atom. The van der Waals surface area contributed by atoms with Crippen molar-refractivity contribution in [3.8, 4) is 5.75 Å². The molecule has 1 aromatic heterocycles. The molecule has 0 unspecified atom stereocenters. The van der Waals surface area contributed by atoms with E-state index in [1.807, 2.05) is 13.1 Å². The highest BCUT2D eigenvalue weighted by atomic mass is 16.7. The number of rotatable bonds is 6. The van der Waals surface area contributed by atoms with Crippen LogP contribution in [0.1, 0.15) is 58.9 Å². The molecule has 2 aliphatic rings. The molecule has 0 bridgehead atoms. The fourth-order valence-electron chi connectivity index (χ4n) is 3.75. The summed E-state index contributed by atoms with van der Waals surface area (Å²) in [6.07, 6.45) is 8.13. The van der Waals surface area contributed by atoms with E-state index in [9.17, 15) is 9.59 Å². The Kier molecular flexibility index (Phi) is 4.94. The fraction of sp³-hybridized carbons (Fsp3) is 0.450.